The van der Waals surface area contributed by atoms with Gasteiger partial charge in [-0.15, -0.1) is 11.3 Å². The number of primary amides is 1. The van der Waals surface area contributed by atoms with Crippen molar-refractivity contribution >= 4 is 33.4 Å². The van der Waals surface area contributed by atoms with Gasteiger partial charge in [-0.2, -0.15) is 0 Å². The predicted molar refractivity (Wildman–Crippen MR) is 88.8 cm³/mol. The standard InChI is InChI=1S/C16H21N3O2S/c1-4-14(20)18-12(16(17)21)8-15-19-11-6-5-10(9(2)3)7-13(11)22-15/h5-7,9,12H,4,8H2,1-3H3,(H2,17,21)(H,18,20). The Hall–Kier alpha value is -1.95. The second-order valence-corrected chi connectivity index (χ2v) is 6.68. The molecule has 0 aliphatic carbocycles. The van der Waals surface area contributed by atoms with Crippen LogP contribution in [-0.4, -0.2) is 22.8 Å². The van der Waals surface area contributed by atoms with Crippen LogP contribution in [0.15, 0.2) is 18.2 Å². The van der Waals surface area contributed by atoms with Gasteiger partial charge in [-0.3, -0.25) is 9.59 Å². The van der Waals surface area contributed by atoms with Crippen molar-refractivity contribution in [2.75, 3.05) is 0 Å². The second-order valence-electron chi connectivity index (χ2n) is 5.57. The Labute approximate surface area is 133 Å². The minimum absolute atomic E-state index is 0.188. The number of carbonyl (C=O) groups excluding carboxylic acids is 2. The highest BCUT2D eigenvalue weighted by Gasteiger charge is 2.20. The molecule has 1 aromatic heterocycles. The number of fused-ring (bicyclic) bond motifs is 1. The Balaban J connectivity index is 2.22. The van der Waals surface area contributed by atoms with E-state index < -0.39 is 11.9 Å². The first-order chi connectivity index (χ1) is 10.4. The van der Waals surface area contributed by atoms with E-state index in [1.54, 1.807) is 6.92 Å². The van der Waals surface area contributed by atoms with Crippen molar-refractivity contribution in [1.29, 1.82) is 0 Å². The summed E-state index contributed by atoms with van der Waals surface area (Å²) in [5.74, 6) is -0.270. The molecule has 0 fully saturated rings. The number of nitrogens with zero attached hydrogens (tertiary/aromatic N) is 1. The molecular formula is C16H21N3O2S. The quantitative estimate of drug-likeness (QED) is 0.857. The van der Waals surface area contributed by atoms with Crippen LogP contribution in [0.25, 0.3) is 10.2 Å². The summed E-state index contributed by atoms with van der Waals surface area (Å²) in [6.45, 7) is 6.03. The molecular weight excluding hydrogens is 298 g/mol. The summed E-state index contributed by atoms with van der Waals surface area (Å²) >= 11 is 1.54. The number of amides is 2. The maximum Gasteiger partial charge on any atom is 0.240 e. The van der Waals surface area contributed by atoms with Gasteiger partial charge in [0.25, 0.3) is 0 Å². The molecule has 0 aliphatic rings. The van der Waals surface area contributed by atoms with E-state index in [-0.39, 0.29) is 5.91 Å². The van der Waals surface area contributed by atoms with E-state index >= 15 is 0 Å². The third kappa shape index (κ3) is 3.82. The zero-order valence-electron chi connectivity index (χ0n) is 13.1. The van der Waals surface area contributed by atoms with Crippen LogP contribution in [-0.2, 0) is 16.0 Å². The SMILES string of the molecule is CCC(=O)NC(Cc1nc2ccc(C(C)C)cc2s1)C(N)=O. The second kappa shape index (κ2) is 6.87. The largest absolute Gasteiger partial charge is 0.368 e. The van der Waals surface area contributed by atoms with Crippen molar-refractivity contribution in [3.8, 4) is 0 Å². The normalized spacial score (nSPS) is 12.5. The van der Waals surface area contributed by atoms with Crippen LogP contribution >= 0.6 is 11.3 Å². The fourth-order valence-corrected chi connectivity index (χ4v) is 3.19. The first-order valence-electron chi connectivity index (χ1n) is 7.38. The van der Waals surface area contributed by atoms with Gasteiger partial charge in [0.1, 0.15) is 6.04 Å². The van der Waals surface area contributed by atoms with Gasteiger partial charge in [0.2, 0.25) is 11.8 Å². The Morgan fingerprint density at radius 1 is 1.36 bits per heavy atom. The Kier molecular flexibility index (Phi) is 5.13. The van der Waals surface area contributed by atoms with Crippen molar-refractivity contribution in [2.45, 2.75) is 45.6 Å². The van der Waals surface area contributed by atoms with E-state index in [1.165, 1.54) is 16.9 Å². The number of thiazole rings is 1. The molecule has 1 heterocycles. The first-order valence-corrected chi connectivity index (χ1v) is 8.20. The summed E-state index contributed by atoms with van der Waals surface area (Å²) in [4.78, 5) is 27.5. The number of nitrogens with two attached hydrogens (primary N) is 1. The summed E-state index contributed by atoms with van der Waals surface area (Å²) in [5, 5.41) is 3.44. The number of hydrogen-bond donors (Lipinski definition) is 2. The highest BCUT2D eigenvalue weighted by Crippen LogP contribution is 2.26. The van der Waals surface area contributed by atoms with Gasteiger partial charge in [-0.1, -0.05) is 26.8 Å². The lowest BCUT2D eigenvalue weighted by molar-refractivity contribution is -0.127. The van der Waals surface area contributed by atoms with Gasteiger partial charge in [0.05, 0.1) is 15.2 Å². The molecule has 1 aromatic carbocycles. The van der Waals surface area contributed by atoms with Gasteiger partial charge in [0.15, 0.2) is 0 Å². The summed E-state index contributed by atoms with van der Waals surface area (Å²) < 4.78 is 1.09. The smallest absolute Gasteiger partial charge is 0.240 e. The van der Waals surface area contributed by atoms with Gasteiger partial charge in [-0.25, -0.2) is 4.98 Å². The molecule has 0 spiro atoms. The molecule has 2 aromatic rings. The zero-order chi connectivity index (χ0) is 16.3. The lowest BCUT2D eigenvalue weighted by Gasteiger charge is -2.13. The van der Waals surface area contributed by atoms with E-state index in [4.69, 9.17) is 5.73 Å². The molecule has 0 saturated heterocycles. The van der Waals surface area contributed by atoms with Gasteiger partial charge in [-0.05, 0) is 23.6 Å². The van der Waals surface area contributed by atoms with Crippen molar-refractivity contribution < 1.29 is 9.59 Å². The first kappa shape index (κ1) is 16.4. The Bertz CT molecular complexity index is 694. The zero-order valence-corrected chi connectivity index (χ0v) is 13.9. The molecule has 6 heteroatoms. The Morgan fingerprint density at radius 3 is 2.68 bits per heavy atom. The van der Waals surface area contributed by atoms with Gasteiger partial charge >= 0.3 is 0 Å². The van der Waals surface area contributed by atoms with Crippen LogP contribution in [0.2, 0.25) is 0 Å². The van der Waals surface area contributed by atoms with E-state index in [0.717, 1.165) is 15.2 Å². The number of aromatic nitrogens is 1. The van der Waals surface area contributed by atoms with Gasteiger partial charge < -0.3 is 11.1 Å². The fraction of sp³-hybridized carbons (Fsp3) is 0.438. The molecule has 0 aliphatic heterocycles. The lowest BCUT2D eigenvalue weighted by Crippen LogP contribution is -2.45. The average Bonchev–Trinajstić information content (AvgIpc) is 2.87. The van der Waals surface area contributed by atoms with Crippen molar-refractivity contribution in [1.82, 2.24) is 10.3 Å². The average molecular weight is 319 g/mol. The molecule has 2 amide bonds. The highest BCUT2D eigenvalue weighted by molar-refractivity contribution is 7.18. The van der Waals surface area contributed by atoms with E-state index in [9.17, 15) is 9.59 Å². The van der Waals surface area contributed by atoms with E-state index in [2.05, 4.69) is 36.3 Å². The lowest BCUT2D eigenvalue weighted by atomic mass is 10.0. The van der Waals surface area contributed by atoms with Crippen molar-refractivity contribution in [2.24, 2.45) is 5.73 Å². The number of nitrogens with one attached hydrogen (secondary N) is 1. The molecule has 0 radical (unpaired) electrons. The monoisotopic (exact) mass is 319 g/mol. The van der Waals surface area contributed by atoms with Crippen LogP contribution in [0.5, 0.6) is 0 Å². The van der Waals surface area contributed by atoms with E-state index in [0.29, 0.717) is 18.8 Å². The summed E-state index contributed by atoms with van der Waals surface area (Å²) in [5.41, 5.74) is 7.54. The molecule has 1 unspecified atom stereocenters. The predicted octanol–water partition coefficient (Wildman–Crippen LogP) is 2.34. The molecule has 22 heavy (non-hydrogen) atoms. The molecule has 0 saturated carbocycles. The third-order valence-electron chi connectivity index (χ3n) is 3.50. The summed E-state index contributed by atoms with van der Waals surface area (Å²) in [7, 11) is 0. The molecule has 118 valence electrons. The molecule has 3 N–H and O–H groups in total. The molecule has 1 atom stereocenters. The number of benzene rings is 1. The van der Waals surface area contributed by atoms with Crippen molar-refractivity contribution in [3.05, 3.63) is 28.8 Å². The molecule has 0 bridgehead atoms. The maximum absolute atomic E-state index is 11.5. The van der Waals surface area contributed by atoms with E-state index in [1.807, 2.05) is 6.07 Å². The van der Waals surface area contributed by atoms with Gasteiger partial charge in [0, 0.05) is 12.8 Å². The third-order valence-corrected chi connectivity index (χ3v) is 4.54. The minimum Gasteiger partial charge on any atom is -0.368 e. The Morgan fingerprint density at radius 2 is 2.09 bits per heavy atom. The summed E-state index contributed by atoms with van der Waals surface area (Å²) in [6.07, 6.45) is 0.652. The fourth-order valence-electron chi connectivity index (χ4n) is 2.13. The van der Waals surface area contributed by atoms with Crippen LogP contribution in [0, 0.1) is 0 Å². The highest BCUT2D eigenvalue weighted by atomic mass is 32.1. The number of rotatable bonds is 6. The number of carbonyl (C=O) groups is 2. The molecule has 2 rings (SSSR count). The molecule has 5 nitrogen and oxygen atoms in total. The topological polar surface area (TPSA) is 85.1 Å². The van der Waals surface area contributed by atoms with Crippen LogP contribution in [0.1, 0.15) is 43.7 Å². The number of hydrogen-bond acceptors (Lipinski definition) is 4. The minimum atomic E-state index is -0.711. The summed E-state index contributed by atoms with van der Waals surface area (Å²) in [6, 6.07) is 5.48. The van der Waals surface area contributed by atoms with Crippen LogP contribution in [0.3, 0.4) is 0 Å². The van der Waals surface area contributed by atoms with Crippen LogP contribution in [0.4, 0.5) is 0 Å². The maximum atomic E-state index is 11.5. The van der Waals surface area contributed by atoms with Crippen LogP contribution < -0.4 is 11.1 Å². The van der Waals surface area contributed by atoms with Crippen molar-refractivity contribution in [3.63, 3.8) is 0 Å².